The molecular weight excluding hydrogens is 138 g/mol. The second-order valence-electron chi connectivity index (χ2n) is 2.38. The molecule has 3 nitrogen and oxygen atoms in total. The normalized spacial score (nSPS) is 14.8. The summed E-state index contributed by atoms with van der Waals surface area (Å²) in [5, 5.41) is 4.14. The van der Waals surface area contributed by atoms with Crippen LogP contribution in [-0.4, -0.2) is 9.55 Å². The second kappa shape index (κ2) is 2.27. The average Bonchev–Trinajstić information content (AvgIpc) is 2.55. The van der Waals surface area contributed by atoms with Crippen LogP contribution in [0.25, 0.3) is 5.70 Å². The summed E-state index contributed by atoms with van der Waals surface area (Å²) >= 11 is 0. The van der Waals surface area contributed by atoms with Crippen molar-refractivity contribution in [2.24, 2.45) is 7.05 Å². The highest BCUT2D eigenvalue weighted by molar-refractivity contribution is 5.63. The quantitative estimate of drug-likeness (QED) is 0.579. The van der Waals surface area contributed by atoms with E-state index in [-0.39, 0.29) is 0 Å². The first kappa shape index (κ1) is 6.22. The van der Waals surface area contributed by atoms with E-state index in [0.29, 0.717) is 0 Å². The smallest absolute Gasteiger partial charge is 0.158 e. The number of hydrogen-bond acceptors (Lipinski definition) is 1. The minimum atomic E-state index is 0.912. The molecule has 1 aromatic rings. The van der Waals surface area contributed by atoms with Crippen molar-refractivity contribution in [1.29, 1.82) is 0 Å². The molecule has 1 aliphatic rings. The first-order chi connectivity index (χ1) is 5.38. The Kier molecular flexibility index (Phi) is 1.28. The molecule has 0 aliphatic carbocycles. The van der Waals surface area contributed by atoms with E-state index in [1.165, 1.54) is 0 Å². The molecule has 0 N–H and O–H groups in total. The van der Waals surface area contributed by atoms with Gasteiger partial charge in [0.15, 0.2) is 5.82 Å². The van der Waals surface area contributed by atoms with Gasteiger partial charge < -0.3 is 4.57 Å². The molecule has 1 aliphatic heterocycles. The Labute approximate surface area is 65.1 Å². The molecule has 0 aromatic carbocycles. The van der Waals surface area contributed by atoms with E-state index in [1.54, 1.807) is 12.4 Å². The van der Waals surface area contributed by atoms with Crippen LogP contribution < -0.4 is 5.32 Å². The number of aryl methyl sites for hydroxylation is 1. The van der Waals surface area contributed by atoms with Crippen LogP contribution in [-0.2, 0) is 7.05 Å². The van der Waals surface area contributed by atoms with Gasteiger partial charge in [-0.1, -0.05) is 0 Å². The lowest BCUT2D eigenvalue weighted by molar-refractivity contribution is 0.878. The number of allylic oxidation sites excluding steroid dienone is 2. The summed E-state index contributed by atoms with van der Waals surface area (Å²) in [6.07, 6.45) is 9.30. The molecule has 0 atom stereocenters. The molecule has 0 spiro atoms. The van der Waals surface area contributed by atoms with E-state index >= 15 is 0 Å². The van der Waals surface area contributed by atoms with Crippen LogP contribution in [0.2, 0.25) is 0 Å². The number of hydrogen-bond donors (Lipinski definition) is 0. The molecule has 0 fully saturated rings. The Balaban J connectivity index is 2.37. The molecule has 2 rings (SSSR count). The zero-order chi connectivity index (χ0) is 7.68. The minimum Gasteiger partial charge on any atom is -0.333 e. The van der Waals surface area contributed by atoms with Crippen molar-refractivity contribution in [3.05, 3.63) is 36.6 Å². The molecule has 3 heteroatoms. The van der Waals surface area contributed by atoms with Gasteiger partial charge >= 0.3 is 0 Å². The summed E-state index contributed by atoms with van der Waals surface area (Å²) in [6, 6.07) is 0. The van der Waals surface area contributed by atoms with Crippen molar-refractivity contribution >= 4 is 5.70 Å². The fourth-order valence-corrected chi connectivity index (χ4v) is 1.05. The molecule has 0 unspecified atom stereocenters. The third-order valence-corrected chi connectivity index (χ3v) is 1.60. The van der Waals surface area contributed by atoms with E-state index in [0.717, 1.165) is 11.5 Å². The van der Waals surface area contributed by atoms with Crippen LogP contribution in [0.15, 0.2) is 30.7 Å². The number of aromatic nitrogens is 2. The minimum absolute atomic E-state index is 0.912. The fraction of sp³-hybridized carbons (Fsp3) is 0.125. The predicted octanol–water partition coefficient (Wildman–Crippen LogP) is 0.893. The first-order valence-corrected chi connectivity index (χ1v) is 3.43. The van der Waals surface area contributed by atoms with E-state index in [1.807, 2.05) is 30.0 Å². The maximum absolute atomic E-state index is 4.16. The van der Waals surface area contributed by atoms with Crippen LogP contribution >= 0.6 is 0 Å². The van der Waals surface area contributed by atoms with Crippen molar-refractivity contribution in [3.8, 4) is 0 Å². The van der Waals surface area contributed by atoms with Gasteiger partial charge in [-0.3, -0.25) is 5.32 Å². The molecule has 0 bridgehead atoms. The maximum Gasteiger partial charge on any atom is 0.158 e. The van der Waals surface area contributed by atoms with E-state index in [2.05, 4.69) is 10.3 Å². The Morgan fingerprint density at radius 1 is 1.45 bits per heavy atom. The van der Waals surface area contributed by atoms with Crippen LogP contribution in [0.3, 0.4) is 0 Å². The molecule has 1 radical (unpaired) electrons. The number of rotatable bonds is 1. The summed E-state index contributed by atoms with van der Waals surface area (Å²) < 4.78 is 1.95. The van der Waals surface area contributed by atoms with Gasteiger partial charge in [-0.2, -0.15) is 0 Å². The van der Waals surface area contributed by atoms with Gasteiger partial charge in [0.2, 0.25) is 0 Å². The van der Waals surface area contributed by atoms with Crippen molar-refractivity contribution in [3.63, 3.8) is 0 Å². The lowest BCUT2D eigenvalue weighted by atomic mass is 10.4. The van der Waals surface area contributed by atoms with Crippen molar-refractivity contribution in [1.82, 2.24) is 14.9 Å². The zero-order valence-electron chi connectivity index (χ0n) is 6.23. The molecular formula is C8H8N3. The zero-order valence-corrected chi connectivity index (χ0v) is 6.23. The largest absolute Gasteiger partial charge is 0.333 e. The van der Waals surface area contributed by atoms with Crippen LogP contribution in [0, 0.1) is 0 Å². The lowest BCUT2D eigenvalue weighted by Crippen LogP contribution is -2.00. The van der Waals surface area contributed by atoms with Gasteiger partial charge in [0, 0.05) is 25.6 Å². The summed E-state index contributed by atoms with van der Waals surface area (Å²) in [7, 11) is 1.96. The van der Waals surface area contributed by atoms with Crippen molar-refractivity contribution in [2.45, 2.75) is 0 Å². The predicted molar refractivity (Wildman–Crippen MR) is 42.5 cm³/mol. The molecule has 0 saturated carbocycles. The molecule has 0 amide bonds. The molecule has 1 aromatic heterocycles. The Morgan fingerprint density at radius 3 is 2.91 bits per heavy atom. The highest BCUT2D eigenvalue weighted by Gasteiger charge is 2.07. The Hall–Kier alpha value is -1.51. The van der Waals surface area contributed by atoms with Gasteiger partial charge in [0.25, 0.3) is 0 Å². The lowest BCUT2D eigenvalue weighted by Gasteiger charge is -1.99. The van der Waals surface area contributed by atoms with E-state index in [9.17, 15) is 0 Å². The van der Waals surface area contributed by atoms with Crippen LogP contribution in [0.5, 0.6) is 0 Å². The van der Waals surface area contributed by atoms with Gasteiger partial charge in [-0.05, 0) is 12.2 Å². The van der Waals surface area contributed by atoms with Crippen LogP contribution in [0.1, 0.15) is 5.82 Å². The molecule has 11 heavy (non-hydrogen) atoms. The highest BCUT2D eigenvalue weighted by atomic mass is 15.1. The third kappa shape index (κ3) is 0.941. The second-order valence-corrected chi connectivity index (χ2v) is 2.38. The maximum atomic E-state index is 4.16. The summed E-state index contributed by atoms with van der Waals surface area (Å²) in [5.74, 6) is 0.912. The number of nitrogens with zero attached hydrogens (tertiary/aromatic N) is 3. The van der Waals surface area contributed by atoms with E-state index in [4.69, 9.17) is 0 Å². The topological polar surface area (TPSA) is 31.9 Å². The average molecular weight is 146 g/mol. The first-order valence-electron chi connectivity index (χ1n) is 3.43. The van der Waals surface area contributed by atoms with Gasteiger partial charge in [-0.15, -0.1) is 0 Å². The Bertz CT molecular complexity index is 320. The van der Waals surface area contributed by atoms with Crippen molar-refractivity contribution in [2.75, 3.05) is 0 Å². The summed E-state index contributed by atoms with van der Waals surface area (Å²) in [5.41, 5.74) is 0.928. The highest BCUT2D eigenvalue weighted by Crippen LogP contribution is 2.12. The monoisotopic (exact) mass is 146 g/mol. The number of imidazole rings is 1. The third-order valence-electron chi connectivity index (χ3n) is 1.60. The molecule has 2 heterocycles. The van der Waals surface area contributed by atoms with Crippen LogP contribution in [0.4, 0.5) is 0 Å². The van der Waals surface area contributed by atoms with Gasteiger partial charge in [0.05, 0.1) is 0 Å². The van der Waals surface area contributed by atoms with Crippen molar-refractivity contribution < 1.29 is 0 Å². The fourth-order valence-electron chi connectivity index (χ4n) is 1.05. The van der Waals surface area contributed by atoms with Gasteiger partial charge in [-0.25, -0.2) is 4.98 Å². The summed E-state index contributed by atoms with van der Waals surface area (Å²) in [6.45, 7) is 0. The molecule has 55 valence electrons. The van der Waals surface area contributed by atoms with E-state index < -0.39 is 0 Å². The Morgan fingerprint density at radius 2 is 2.36 bits per heavy atom. The summed E-state index contributed by atoms with van der Waals surface area (Å²) in [4.78, 5) is 4.16. The standard InChI is InChI=1S/C8H8N3/c1-11-6-5-10-8(11)7-3-2-4-9-7/h2-6H,1H3. The SMILES string of the molecule is Cn1ccnc1C1=CC=C[N]1. The van der Waals surface area contributed by atoms with Gasteiger partial charge in [0.1, 0.15) is 5.70 Å². The molecule has 0 saturated heterocycles.